The Morgan fingerprint density at radius 2 is 2.22 bits per heavy atom. The van der Waals surface area contributed by atoms with Gasteiger partial charge in [0.1, 0.15) is 5.82 Å². The molecule has 0 saturated heterocycles. The Bertz CT molecular complexity index is 893. The van der Waals surface area contributed by atoms with E-state index >= 15 is 0 Å². The molecule has 1 aromatic carbocycles. The molecular formula is C18H15FN2O2. The Morgan fingerprint density at radius 1 is 1.30 bits per heavy atom. The van der Waals surface area contributed by atoms with Gasteiger partial charge in [-0.3, -0.25) is 4.79 Å². The van der Waals surface area contributed by atoms with Crippen LogP contribution in [0.15, 0.2) is 53.3 Å². The molecule has 0 atom stereocenters. The van der Waals surface area contributed by atoms with Crippen LogP contribution in [0.3, 0.4) is 0 Å². The lowest BCUT2D eigenvalue weighted by molar-refractivity contribution is 0.0741. The van der Waals surface area contributed by atoms with Crippen molar-refractivity contribution in [2.75, 3.05) is 13.1 Å². The first-order valence-electron chi connectivity index (χ1n) is 7.51. The fourth-order valence-corrected chi connectivity index (χ4v) is 3.02. The van der Waals surface area contributed by atoms with Gasteiger partial charge in [0.15, 0.2) is 5.76 Å². The van der Waals surface area contributed by atoms with Gasteiger partial charge < -0.3 is 14.3 Å². The Hall–Kier alpha value is -2.82. The van der Waals surface area contributed by atoms with Gasteiger partial charge in [-0.1, -0.05) is 6.08 Å². The van der Waals surface area contributed by atoms with Crippen LogP contribution in [0.5, 0.6) is 0 Å². The molecule has 3 heterocycles. The monoisotopic (exact) mass is 310 g/mol. The largest absolute Gasteiger partial charge is 0.459 e. The number of carbonyl (C=O) groups is 1. The predicted octanol–water partition coefficient (Wildman–Crippen LogP) is 3.83. The lowest BCUT2D eigenvalue weighted by atomic mass is 9.99. The third-order valence-electron chi connectivity index (χ3n) is 4.22. The number of hydrogen-bond donors (Lipinski definition) is 1. The molecule has 0 aliphatic carbocycles. The summed E-state index contributed by atoms with van der Waals surface area (Å²) in [4.78, 5) is 17.1. The van der Waals surface area contributed by atoms with Crippen LogP contribution in [0.4, 0.5) is 4.39 Å². The topological polar surface area (TPSA) is 49.2 Å². The number of carbonyl (C=O) groups excluding carboxylic acids is 1. The summed E-state index contributed by atoms with van der Waals surface area (Å²) in [6.45, 7) is 1.18. The molecule has 0 bridgehead atoms. The summed E-state index contributed by atoms with van der Waals surface area (Å²) in [6, 6.07) is 8.14. The van der Waals surface area contributed by atoms with Gasteiger partial charge in [0.05, 0.1) is 6.26 Å². The molecule has 2 aromatic heterocycles. The third kappa shape index (κ3) is 2.44. The van der Waals surface area contributed by atoms with Crippen molar-refractivity contribution in [3.63, 3.8) is 0 Å². The maximum absolute atomic E-state index is 13.3. The van der Waals surface area contributed by atoms with Crippen LogP contribution in [0, 0.1) is 5.82 Å². The summed E-state index contributed by atoms with van der Waals surface area (Å²) in [7, 11) is 0. The Balaban J connectivity index is 1.58. The average Bonchev–Trinajstić information content (AvgIpc) is 3.23. The van der Waals surface area contributed by atoms with E-state index in [2.05, 4.69) is 11.1 Å². The van der Waals surface area contributed by atoms with Gasteiger partial charge >= 0.3 is 0 Å². The lowest BCUT2D eigenvalue weighted by Crippen LogP contribution is -2.34. The molecule has 116 valence electrons. The van der Waals surface area contributed by atoms with Crippen molar-refractivity contribution < 1.29 is 13.6 Å². The molecular weight excluding hydrogens is 295 g/mol. The van der Waals surface area contributed by atoms with Crippen LogP contribution >= 0.6 is 0 Å². The second-order valence-corrected chi connectivity index (χ2v) is 5.60. The van der Waals surface area contributed by atoms with E-state index in [1.807, 2.05) is 6.20 Å². The minimum absolute atomic E-state index is 0.0914. The highest BCUT2D eigenvalue weighted by atomic mass is 19.1. The smallest absolute Gasteiger partial charge is 0.289 e. The number of rotatable bonds is 2. The third-order valence-corrected chi connectivity index (χ3v) is 4.22. The molecule has 23 heavy (non-hydrogen) atoms. The number of nitrogens with one attached hydrogen (secondary N) is 1. The molecule has 1 amide bonds. The zero-order valence-corrected chi connectivity index (χ0v) is 12.4. The molecule has 4 nitrogen and oxygen atoms in total. The highest BCUT2D eigenvalue weighted by molar-refractivity contribution is 5.94. The van der Waals surface area contributed by atoms with E-state index in [9.17, 15) is 9.18 Å². The van der Waals surface area contributed by atoms with Crippen molar-refractivity contribution in [1.29, 1.82) is 0 Å². The molecule has 0 saturated carbocycles. The summed E-state index contributed by atoms with van der Waals surface area (Å²) in [5.74, 6) is 0.0226. The van der Waals surface area contributed by atoms with Crippen LogP contribution in [0.1, 0.15) is 22.5 Å². The number of amides is 1. The molecule has 0 unspecified atom stereocenters. The van der Waals surface area contributed by atoms with Crippen molar-refractivity contribution in [2.24, 2.45) is 0 Å². The van der Waals surface area contributed by atoms with E-state index in [1.165, 1.54) is 24.0 Å². The van der Waals surface area contributed by atoms with E-state index in [1.54, 1.807) is 23.1 Å². The second-order valence-electron chi connectivity index (χ2n) is 5.60. The minimum atomic E-state index is -0.251. The van der Waals surface area contributed by atoms with E-state index < -0.39 is 0 Å². The minimum Gasteiger partial charge on any atom is -0.459 e. The number of halogens is 1. The number of fused-ring (bicyclic) bond motifs is 1. The zero-order chi connectivity index (χ0) is 15.8. The quantitative estimate of drug-likeness (QED) is 0.782. The summed E-state index contributed by atoms with van der Waals surface area (Å²) >= 11 is 0. The van der Waals surface area contributed by atoms with Crippen LogP contribution in [-0.2, 0) is 0 Å². The number of aromatic amines is 1. The maximum Gasteiger partial charge on any atom is 0.289 e. The number of furan rings is 1. The molecule has 0 fully saturated rings. The van der Waals surface area contributed by atoms with Crippen molar-refractivity contribution in [2.45, 2.75) is 6.42 Å². The van der Waals surface area contributed by atoms with Crippen LogP contribution in [-0.4, -0.2) is 28.9 Å². The highest BCUT2D eigenvalue weighted by Gasteiger charge is 2.22. The fourth-order valence-electron chi connectivity index (χ4n) is 3.02. The van der Waals surface area contributed by atoms with Crippen molar-refractivity contribution in [3.05, 3.63) is 66.0 Å². The second kappa shape index (κ2) is 5.43. The van der Waals surface area contributed by atoms with Gasteiger partial charge in [-0.25, -0.2) is 4.39 Å². The van der Waals surface area contributed by atoms with Gasteiger partial charge in [-0.05, 0) is 42.3 Å². The first-order chi connectivity index (χ1) is 11.2. The Kier molecular flexibility index (Phi) is 3.26. The zero-order valence-electron chi connectivity index (χ0n) is 12.4. The van der Waals surface area contributed by atoms with Crippen molar-refractivity contribution in [3.8, 4) is 0 Å². The molecule has 0 radical (unpaired) electrons. The van der Waals surface area contributed by atoms with Crippen LogP contribution in [0.25, 0.3) is 16.5 Å². The molecule has 1 N–H and O–H groups in total. The first kappa shape index (κ1) is 13.8. The standard InChI is InChI=1S/C18H15FN2O2/c19-13-3-4-14-15(11-20-16(14)10-13)12-5-7-21(8-6-12)18(22)17-2-1-9-23-17/h1-5,9-11,20H,6-8H2. The van der Waals surface area contributed by atoms with Gasteiger partial charge in [-0.15, -0.1) is 0 Å². The average molecular weight is 310 g/mol. The number of aromatic nitrogens is 1. The van der Waals surface area contributed by atoms with E-state index in [0.29, 0.717) is 18.8 Å². The molecule has 1 aliphatic rings. The predicted molar refractivity (Wildman–Crippen MR) is 85.5 cm³/mol. The summed E-state index contributed by atoms with van der Waals surface area (Å²) < 4.78 is 18.4. The van der Waals surface area contributed by atoms with Crippen LogP contribution < -0.4 is 0 Å². The first-order valence-corrected chi connectivity index (χ1v) is 7.51. The Morgan fingerprint density at radius 3 is 2.96 bits per heavy atom. The molecule has 4 rings (SSSR count). The Labute approximate surface area is 132 Å². The van der Waals surface area contributed by atoms with Gasteiger partial charge in [-0.2, -0.15) is 0 Å². The van der Waals surface area contributed by atoms with Crippen LogP contribution in [0.2, 0.25) is 0 Å². The van der Waals surface area contributed by atoms with Crippen molar-refractivity contribution in [1.82, 2.24) is 9.88 Å². The normalized spacial score (nSPS) is 15.0. The van der Waals surface area contributed by atoms with Gasteiger partial charge in [0.2, 0.25) is 0 Å². The van der Waals surface area contributed by atoms with Gasteiger partial charge in [0.25, 0.3) is 5.91 Å². The number of hydrogen-bond acceptors (Lipinski definition) is 2. The fraction of sp³-hybridized carbons (Fsp3) is 0.167. The molecule has 3 aromatic rings. The summed E-state index contributed by atoms with van der Waals surface area (Å²) in [5, 5.41) is 1.00. The SMILES string of the molecule is O=C(c1ccco1)N1CC=C(c2c[nH]c3cc(F)ccc23)CC1. The summed E-state index contributed by atoms with van der Waals surface area (Å²) in [6.07, 6.45) is 6.22. The van der Waals surface area contributed by atoms with E-state index in [-0.39, 0.29) is 11.7 Å². The van der Waals surface area contributed by atoms with Crippen molar-refractivity contribution >= 4 is 22.4 Å². The van der Waals surface area contributed by atoms with E-state index in [4.69, 9.17) is 4.42 Å². The number of H-pyrrole nitrogens is 1. The lowest BCUT2D eigenvalue weighted by Gasteiger charge is -2.25. The molecule has 1 aliphatic heterocycles. The van der Waals surface area contributed by atoms with E-state index in [0.717, 1.165) is 22.9 Å². The highest BCUT2D eigenvalue weighted by Crippen LogP contribution is 2.30. The summed E-state index contributed by atoms with van der Waals surface area (Å²) in [5.41, 5.74) is 3.03. The number of nitrogens with zero attached hydrogens (tertiary/aromatic N) is 1. The molecule has 5 heteroatoms. The molecule has 0 spiro atoms. The van der Waals surface area contributed by atoms with Gasteiger partial charge in [0, 0.05) is 35.8 Å². The number of benzene rings is 1. The maximum atomic E-state index is 13.3.